The maximum atomic E-state index is 12.8. The lowest BCUT2D eigenvalue weighted by atomic mass is 9.52. The summed E-state index contributed by atoms with van der Waals surface area (Å²) in [6, 6.07) is 7.33. The van der Waals surface area contributed by atoms with Crippen LogP contribution in [0.5, 0.6) is 5.75 Å². The Labute approximate surface area is 149 Å². The Morgan fingerprint density at radius 1 is 1.32 bits per heavy atom. The number of benzene rings is 1. The standard InChI is InChI=1S/C22H27NO2/c1-25-15-5-4-14-8-19-21-17-10-16(17)20(24)11-22(21,18(14)9-15)6-7-23(19)12-13-2-3-13/h4-5,9,13,16-17,19,21H,2-3,6-8,10-12H2,1H3/t16?,17?,19?,21?,22-/m1/s1. The van der Waals surface area contributed by atoms with Crippen molar-refractivity contribution in [3.8, 4) is 5.75 Å². The fraction of sp³-hybridized carbons (Fsp3) is 0.682. The minimum absolute atomic E-state index is 0.0988. The molecule has 3 heteroatoms. The molecule has 1 heterocycles. The van der Waals surface area contributed by atoms with Gasteiger partial charge in [0.05, 0.1) is 7.11 Å². The Hall–Kier alpha value is -1.35. The van der Waals surface area contributed by atoms with Crippen molar-refractivity contribution in [1.29, 1.82) is 0 Å². The van der Waals surface area contributed by atoms with Crippen LogP contribution in [0.3, 0.4) is 0 Å². The molecule has 3 saturated carbocycles. The van der Waals surface area contributed by atoms with Gasteiger partial charge in [-0.25, -0.2) is 0 Å². The summed E-state index contributed by atoms with van der Waals surface area (Å²) in [5, 5.41) is 0. The van der Waals surface area contributed by atoms with E-state index >= 15 is 0 Å². The minimum Gasteiger partial charge on any atom is -0.497 e. The number of Topliss-reactive ketones (excluding diaryl/α,β-unsaturated/α-hetero) is 1. The fourth-order valence-electron chi connectivity index (χ4n) is 6.67. The fourth-order valence-corrected chi connectivity index (χ4v) is 6.67. The van der Waals surface area contributed by atoms with Gasteiger partial charge in [0.1, 0.15) is 11.5 Å². The normalized spacial score (nSPS) is 41.6. The van der Waals surface area contributed by atoms with Crippen LogP contribution >= 0.6 is 0 Å². The van der Waals surface area contributed by atoms with Gasteiger partial charge in [0, 0.05) is 30.3 Å². The lowest BCUT2D eigenvalue weighted by Gasteiger charge is -2.58. The Morgan fingerprint density at radius 3 is 3.00 bits per heavy atom. The number of methoxy groups -OCH3 is 1. The summed E-state index contributed by atoms with van der Waals surface area (Å²) in [6.07, 6.45) is 7.14. The third-order valence-electron chi connectivity index (χ3n) is 8.04. The van der Waals surface area contributed by atoms with E-state index in [9.17, 15) is 4.79 Å². The van der Waals surface area contributed by atoms with E-state index in [2.05, 4.69) is 23.1 Å². The van der Waals surface area contributed by atoms with Crippen molar-refractivity contribution in [3.05, 3.63) is 29.3 Å². The molecule has 4 aliphatic carbocycles. The zero-order chi connectivity index (χ0) is 16.8. The van der Waals surface area contributed by atoms with Gasteiger partial charge in [0.2, 0.25) is 0 Å². The molecule has 1 aromatic rings. The third kappa shape index (κ3) is 1.99. The lowest BCUT2D eigenvalue weighted by molar-refractivity contribution is -0.128. The van der Waals surface area contributed by atoms with Crippen LogP contribution in [0.15, 0.2) is 18.2 Å². The first-order chi connectivity index (χ1) is 12.2. The average Bonchev–Trinajstić information content (AvgIpc) is 3.51. The zero-order valence-electron chi connectivity index (χ0n) is 15.0. The first kappa shape index (κ1) is 14.8. The molecule has 4 fully saturated rings. The van der Waals surface area contributed by atoms with Gasteiger partial charge in [-0.15, -0.1) is 0 Å². The van der Waals surface area contributed by atoms with E-state index in [4.69, 9.17) is 4.74 Å². The Kier molecular flexibility index (Phi) is 2.88. The molecule has 0 radical (unpaired) electrons. The summed E-state index contributed by atoms with van der Waals surface area (Å²) >= 11 is 0. The van der Waals surface area contributed by atoms with Crippen molar-refractivity contribution in [1.82, 2.24) is 4.90 Å². The topological polar surface area (TPSA) is 29.5 Å². The molecule has 1 aliphatic heterocycles. The molecule has 2 bridgehead atoms. The van der Waals surface area contributed by atoms with Gasteiger partial charge >= 0.3 is 0 Å². The SMILES string of the molecule is COc1ccc2c(c1)[C@]13CCN(CC4CC4)C(C2)C1C1CC1C(=O)C3. The van der Waals surface area contributed by atoms with Gasteiger partial charge in [-0.05, 0) is 79.7 Å². The van der Waals surface area contributed by atoms with Crippen LogP contribution in [0.4, 0.5) is 0 Å². The maximum absolute atomic E-state index is 12.8. The second-order valence-corrected chi connectivity index (χ2v) is 9.31. The molecular formula is C22H27NO2. The molecule has 5 atom stereocenters. The second kappa shape index (κ2) is 4.88. The molecule has 1 saturated heterocycles. The molecule has 3 nitrogen and oxygen atoms in total. The molecule has 5 aliphatic rings. The van der Waals surface area contributed by atoms with Gasteiger partial charge in [-0.2, -0.15) is 0 Å². The predicted molar refractivity (Wildman–Crippen MR) is 95.8 cm³/mol. The van der Waals surface area contributed by atoms with Gasteiger partial charge < -0.3 is 4.74 Å². The molecule has 0 N–H and O–H groups in total. The van der Waals surface area contributed by atoms with Crippen molar-refractivity contribution in [2.45, 2.75) is 50.0 Å². The summed E-state index contributed by atoms with van der Waals surface area (Å²) in [4.78, 5) is 15.6. The highest BCUT2D eigenvalue weighted by molar-refractivity contribution is 5.87. The van der Waals surface area contributed by atoms with Crippen LogP contribution in [-0.4, -0.2) is 36.9 Å². The Bertz CT molecular complexity index is 754. The first-order valence-corrected chi connectivity index (χ1v) is 10.1. The number of nitrogens with zero attached hydrogens (tertiary/aromatic N) is 1. The van der Waals surface area contributed by atoms with Gasteiger partial charge in [0.15, 0.2) is 0 Å². The van der Waals surface area contributed by atoms with Crippen molar-refractivity contribution >= 4 is 5.78 Å². The van der Waals surface area contributed by atoms with E-state index in [0.29, 0.717) is 29.6 Å². The highest BCUT2D eigenvalue weighted by Gasteiger charge is 2.66. The summed E-state index contributed by atoms with van der Waals surface area (Å²) in [7, 11) is 1.75. The van der Waals surface area contributed by atoms with E-state index in [1.165, 1.54) is 49.9 Å². The number of fused-ring (bicyclic) bond motifs is 2. The van der Waals surface area contributed by atoms with Crippen molar-refractivity contribution < 1.29 is 9.53 Å². The zero-order valence-corrected chi connectivity index (χ0v) is 15.0. The molecule has 4 unspecified atom stereocenters. The number of piperidine rings is 1. The first-order valence-electron chi connectivity index (χ1n) is 10.1. The quantitative estimate of drug-likeness (QED) is 0.848. The van der Waals surface area contributed by atoms with Crippen LogP contribution in [0.1, 0.15) is 43.2 Å². The Balaban J connectivity index is 1.48. The van der Waals surface area contributed by atoms with Gasteiger partial charge in [0.25, 0.3) is 0 Å². The molecule has 1 aromatic carbocycles. The molecule has 132 valence electrons. The van der Waals surface area contributed by atoms with Crippen LogP contribution < -0.4 is 4.74 Å². The van der Waals surface area contributed by atoms with E-state index in [0.717, 1.165) is 24.5 Å². The molecule has 0 spiro atoms. The highest BCUT2D eigenvalue weighted by atomic mass is 16.5. The minimum atomic E-state index is 0.0988. The van der Waals surface area contributed by atoms with Gasteiger partial charge in [-0.1, -0.05) is 6.07 Å². The largest absolute Gasteiger partial charge is 0.497 e. The monoisotopic (exact) mass is 337 g/mol. The molecule has 25 heavy (non-hydrogen) atoms. The average molecular weight is 337 g/mol. The molecule has 6 rings (SSSR count). The smallest absolute Gasteiger partial charge is 0.137 e. The van der Waals surface area contributed by atoms with Crippen LogP contribution in [-0.2, 0) is 16.6 Å². The summed E-state index contributed by atoms with van der Waals surface area (Å²) in [5.74, 6) is 4.20. The predicted octanol–water partition coefficient (Wildman–Crippen LogP) is 3.20. The van der Waals surface area contributed by atoms with E-state index in [1.807, 2.05) is 0 Å². The second-order valence-electron chi connectivity index (χ2n) is 9.31. The van der Waals surface area contributed by atoms with Crippen LogP contribution in [0, 0.1) is 23.7 Å². The number of ether oxygens (including phenoxy) is 1. The molecule has 0 amide bonds. The number of carbonyl (C=O) groups excluding carboxylic acids is 1. The lowest BCUT2D eigenvalue weighted by Crippen LogP contribution is -2.63. The summed E-state index contributed by atoms with van der Waals surface area (Å²) in [6.45, 7) is 2.48. The summed E-state index contributed by atoms with van der Waals surface area (Å²) < 4.78 is 5.55. The number of hydrogen-bond donors (Lipinski definition) is 0. The number of likely N-dealkylation sites (tertiary alicyclic amines) is 1. The number of carbonyl (C=O) groups is 1. The van der Waals surface area contributed by atoms with Crippen molar-refractivity contribution in [2.24, 2.45) is 23.7 Å². The molecular weight excluding hydrogens is 310 g/mol. The number of hydrogen-bond acceptors (Lipinski definition) is 3. The van der Waals surface area contributed by atoms with Crippen molar-refractivity contribution in [3.63, 3.8) is 0 Å². The van der Waals surface area contributed by atoms with E-state index in [1.54, 1.807) is 7.11 Å². The Morgan fingerprint density at radius 2 is 2.20 bits per heavy atom. The van der Waals surface area contributed by atoms with Gasteiger partial charge in [-0.3, -0.25) is 9.69 Å². The van der Waals surface area contributed by atoms with E-state index < -0.39 is 0 Å². The van der Waals surface area contributed by atoms with Crippen LogP contribution in [0.25, 0.3) is 0 Å². The maximum Gasteiger partial charge on any atom is 0.137 e. The summed E-state index contributed by atoms with van der Waals surface area (Å²) in [5.41, 5.74) is 3.04. The highest BCUT2D eigenvalue weighted by Crippen LogP contribution is 2.65. The van der Waals surface area contributed by atoms with E-state index in [-0.39, 0.29) is 5.41 Å². The number of ketones is 1. The third-order valence-corrected chi connectivity index (χ3v) is 8.04. The number of rotatable bonds is 3. The molecule has 0 aromatic heterocycles. The van der Waals surface area contributed by atoms with Crippen molar-refractivity contribution in [2.75, 3.05) is 20.2 Å². The van der Waals surface area contributed by atoms with Crippen LogP contribution in [0.2, 0.25) is 0 Å².